The van der Waals surface area contributed by atoms with Gasteiger partial charge in [0.15, 0.2) is 0 Å². The molecule has 0 amide bonds. The van der Waals surface area contributed by atoms with E-state index in [1.807, 2.05) is 18.2 Å². The molecule has 1 aliphatic carbocycles. The second-order valence-corrected chi connectivity index (χ2v) is 5.81. The fourth-order valence-electron chi connectivity index (χ4n) is 2.43. The molecule has 2 rings (SSSR count). The number of nitrogens with two attached hydrogens (primary N) is 1. The summed E-state index contributed by atoms with van der Waals surface area (Å²) in [6.07, 6.45) is 4.32. The number of hydrogen-bond donors (Lipinski definition) is 1. The minimum Gasteiger partial charge on any atom is -0.321 e. The Morgan fingerprint density at radius 2 is 1.88 bits per heavy atom. The minimum atomic E-state index is -0.283. The highest BCUT2D eigenvalue weighted by Crippen LogP contribution is 2.40. The van der Waals surface area contributed by atoms with Crippen molar-refractivity contribution < 1.29 is 0 Å². The summed E-state index contributed by atoms with van der Waals surface area (Å²) in [4.78, 5) is 0. The van der Waals surface area contributed by atoms with E-state index in [2.05, 4.69) is 6.92 Å². The Kier molecular flexibility index (Phi) is 3.48. The average molecular weight is 258 g/mol. The highest BCUT2D eigenvalue weighted by Gasteiger charge is 2.33. The van der Waals surface area contributed by atoms with E-state index >= 15 is 0 Å². The van der Waals surface area contributed by atoms with E-state index < -0.39 is 0 Å². The third-order valence-corrected chi connectivity index (χ3v) is 4.20. The van der Waals surface area contributed by atoms with Crippen LogP contribution < -0.4 is 5.73 Å². The van der Waals surface area contributed by atoms with Crippen molar-refractivity contribution in [1.82, 2.24) is 0 Å². The Bertz CT molecular complexity index is 382. The second-order valence-electron chi connectivity index (χ2n) is 4.96. The summed E-state index contributed by atoms with van der Waals surface area (Å²) in [5.74, 6) is 0.773. The average Bonchev–Trinajstić information content (AvgIpc) is 2.26. The monoisotopic (exact) mass is 257 g/mol. The summed E-state index contributed by atoms with van der Waals surface area (Å²) in [6, 6.07) is 5.56. The van der Waals surface area contributed by atoms with Gasteiger partial charge in [0.1, 0.15) is 0 Å². The van der Waals surface area contributed by atoms with Crippen LogP contribution in [-0.4, -0.2) is 0 Å². The fourth-order valence-corrected chi connectivity index (χ4v) is 2.90. The van der Waals surface area contributed by atoms with Gasteiger partial charge in [-0.3, -0.25) is 0 Å². The van der Waals surface area contributed by atoms with Crippen molar-refractivity contribution in [2.24, 2.45) is 11.7 Å². The van der Waals surface area contributed by atoms with Crippen molar-refractivity contribution >= 4 is 23.2 Å². The van der Waals surface area contributed by atoms with Crippen molar-refractivity contribution in [3.63, 3.8) is 0 Å². The summed E-state index contributed by atoms with van der Waals surface area (Å²) in [7, 11) is 0. The van der Waals surface area contributed by atoms with E-state index in [0.717, 1.165) is 29.3 Å². The Morgan fingerprint density at radius 3 is 2.50 bits per heavy atom. The Morgan fingerprint density at radius 1 is 1.25 bits per heavy atom. The van der Waals surface area contributed by atoms with Crippen molar-refractivity contribution in [2.45, 2.75) is 38.1 Å². The Hall–Kier alpha value is -0.240. The van der Waals surface area contributed by atoms with Crippen molar-refractivity contribution in [3.8, 4) is 0 Å². The molecule has 1 fully saturated rings. The van der Waals surface area contributed by atoms with Gasteiger partial charge in [-0.15, -0.1) is 0 Å². The van der Waals surface area contributed by atoms with E-state index in [0.29, 0.717) is 5.02 Å². The molecule has 1 aliphatic rings. The largest absolute Gasteiger partial charge is 0.321 e. The molecule has 88 valence electrons. The molecule has 0 bridgehead atoms. The van der Waals surface area contributed by atoms with Gasteiger partial charge in [0, 0.05) is 15.6 Å². The predicted octanol–water partition coefficient (Wildman–Crippen LogP) is 4.36. The van der Waals surface area contributed by atoms with Crippen LogP contribution >= 0.6 is 23.2 Å². The smallest absolute Gasteiger partial charge is 0.0457 e. The van der Waals surface area contributed by atoms with Gasteiger partial charge in [0.05, 0.1) is 0 Å². The van der Waals surface area contributed by atoms with E-state index in [1.54, 1.807) is 0 Å². The van der Waals surface area contributed by atoms with Crippen LogP contribution in [0.2, 0.25) is 10.0 Å². The van der Waals surface area contributed by atoms with Gasteiger partial charge < -0.3 is 5.73 Å². The molecule has 0 atom stereocenters. The van der Waals surface area contributed by atoms with Gasteiger partial charge >= 0.3 is 0 Å². The highest BCUT2D eigenvalue weighted by atomic mass is 35.5. The molecule has 3 heteroatoms. The van der Waals surface area contributed by atoms with Gasteiger partial charge in [-0.2, -0.15) is 0 Å². The lowest BCUT2D eigenvalue weighted by molar-refractivity contribution is 0.248. The van der Waals surface area contributed by atoms with Crippen LogP contribution in [0.1, 0.15) is 38.2 Å². The fraction of sp³-hybridized carbons (Fsp3) is 0.538. The quantitative estimate of drug-likeness (QED) is 0.795. The third kappa shape index (κ3) is 2.37. The lowest BCUT2D eigenvalue weighted by Crippen LogP contribution is -2.40. The Labute approximate surface area is 107 Å². The lowest BCUT2D eigenvalue weighted by atomic mass is 9.74. The molecule has 1 aromatic carbocycles. The lowest BCUT2D eigenvalue weighted by Gasteiger charge is -2.37. The van der Waals surface area contributed by atoms with Crippen LogP contribution in [0.4, 0.5) is 0 Å². The van der Waals surface area contributed by atoms with Crippen molar-refractivity contribution in [3.05, 3.63) is 33.8 Å². The van der Waals surface area contributed by atoms with Gasteiger partial charge in [0.2, 0.25) is 0 Å². The first-order valence-corrected chi connectivity index (χ1v) is 6.51. The molecule has 1 saturated carbocycles. The summed E-state index contributed by atoms with van der Waals surface area (Å²) in [6.45, 7) is 2.28. The number of hydrogen-bond acceptors (Lipinski definition) is 1. The van der Waals surface area contributed by atoms with Crippen LogP contribution in [0.3, 0.4) is 0 Å². The molecular formula is C13H17Cl2N. The van der Waals surface area contributed by atoms with Crippen LogP contribution in [0.15, 0.2) is 18.2 Å². The Balaban J connectivity index is 2.32. The molecule has 0 unspecified atom stereocenters. The summed E-state index contributed by atoms with van der Waals surface area (Å²) in [5.41, 5.74) is 7.19. The summed E-state index contributed by atoms with van der Waals surface area (Å²) >= 11 is 12.2. The molecule has 1 aromatic rings. The number of benzene rings is 1. The molecule has 0 aliphatic heterocycles. The molecule has 1 nitrogen and oxygen atoms in total. The molecule has 0 radical (unpaired) electrons. The molecular weight excluding hydrogens is 241 g/mol. The van der Waals surface area contributed by atoms with Gasteiger partial charge in [0.25, 0.3) is 0 Å². The van der Waals surface area contributed by atoms with E-state index in [9.17, 15) is 0 Å². The summed E-state index contributed by atoms with van der Waals surface area (Å²) < 4.78 is 0. The maximum atomic E-state index is 6.47. The molecule has 0 saturated heterocycles. The first-order valence-electron chi connectivity index (χ1n) is 5.76. The van der Waals surface area contributed by atoms with Crippen LogP contribution in [-0.2, 0) is 5.54 Å². The SMILES string of the molecule is CC1CCC(N)(c2cc(Cl)ccc2Cl)CC1. The van der Waals surface area contributed by atoms with Gasteiger partial charge in [-0.25, -0.2) is 0 Å². The zero-order chi connectivity index (χ0) is 11.8. The van der Waals surface area contributed by atoms with Gasteiger partial charge in [-0.05, 0) is 55.4 Å². The highest BCUT2D eigenvalue weighted by molar-refractivity contribution is 6.33. The van der Waals surface area contributed by atoms with Crippen LogP contribution in [0.25, 0.3) is 0 Å². The second kappa shape index (κ2) is 4.56. The molecule has 16 heavy (non-hydrogen) atoms. The van der Waals surface area contributed by atoms with Crippen LogP contribution in [0, 0.1) is 5.92 Å². The molecule has 0 heterocycles. The van der Waals surface area contributed by atoms with Crippen LogP contribution in [0.5, 0.6) is 0 Å². The predicted molar refractivity (Wildman–Crippen MR) is 70.0 cm³/mol. The first-order chi connectivity index (χ1) is 7.51. The number of halogens is 2. The minimum absolute atomic E-state index is 0.283. The zero-order valence-electron chi connectivity index (χ0n) is 9.47. The maximum absolute atomic E-state index is 6.47. The molecule has 0 spiro atoms. The maximum Gasteiger partial charge on any atom is 0.0457 e. The van der Waals surface area contributed by atoms with Crippen molar-refractivity contribution in [2.75, 3.05) is 0 Å². The number of rotatable bonds is 1. The van der Waals surface area contributed by atoms with E-state index in [4.69, 9.17) is 28.9 Å². The molecule has 0 aromatic heterocycles. The van der Waals surface area contributed by atoms with Crippen molar-refractivity contribution in [1.29, 1.82) is 0 Å². The molecule has 2 N–H and O–H groups in total. The zero-order valence-corrected chi connectivity index (χ0v) is 11.0. The van der Waals surface area contributed by atoms with E-state index in [1.165, 1.54) is 12.8 Å². The van der Waals surface area contributed by atoms with E-state index in [-0.39, 0.29) is 5.54 Å². The topological polar surface area (TPSA) is 26.0 Å². The van der Waals surface area contributed by atoms with Gasteiger partial charge in [-0.1, -0.05) is 30.1 Å². The summed E-state index contributed by atoms with van der Waals surface area (Å²) in [5, 5.41) is 1.45. The first kappa shape index (κ1) is 12.2. The third-order valence-electron chi connectivity index (χ3n) is 3.63. The standard InChI is InChI=1S/C13H17Cl2N/c1-9-4-6-13(16,7-5-9)11-8-10(14)2-3-12(11)15/h2-3,8-9H,4-7,16H2,1H3. The normalized spacial score (nSPS) is 30.4.